The van der Waals surface area contributed by atoms with Gasteiger partial charge < -0.3 is 9.15 Å². The summed E-state index contributed by atoms with van der Waals surface area (Å²) in [5, 5.41) is 9.79. The van der Waals surface area contributed by atoms with E-state index < -0.39 is 5.41 Å². The van der Waals surface area contributed by atoms with E-state index in [1.54, 1.807) is 63.2 Å². The molecule has 0 unspecified atom stereocenters. The highest BCUT2D eigenvalue weighted by Crippen LogP contribution is 2.20. The molecule has 3 aromatic rings. The molecular weight excluding hydrogens is 400 g/mol. The quantitative estimate of drug-likeness (QED) is 0.631. The number of hydrogen-bond donors (Lipinski definition) is 0. The Hall–Kier alpha value is -3.37. The van der Waals surface area contributed by atoms with Crippen LogP contribution >= 0.6 is 11.3 Å². The maximum absolute atomic E-state index is 13.3. The van der Waals surface area contributed by atoms with E-state index in [0.29, 0.717) is 33.0 Å². The Morgan fingerprint density at radius 3 is 2.50 bits per heavy atom. The van der Waals surface area contributed by atoms with Gasteiger partial charge in [0, 0.05) is 11.5 Å². The predicted molar refractivity (Wildman–Crippen MR) is 116 cm³/mol. The van der Waals surface area contributed by atoms with Gasteiger partial charge in [-0.05, 0) is 43.3 Å². The van der Waals surface area contributed by atoms with E-state index in [1.807, 2.05) is 13.0 Å². The van der Waals surface area contributed by atoms with Gasteiger partial charge in [0.05, 0.1) is 23.1 Å². The average Bonchev–Trinajstić information content (AvgIpc) is 3.32. The Labute approximate surface area is 178 Å². The van der Waals surface area contributed by atoms with Crippen molar-refractivity contribution in [3.05, 3.63) is 68.0 Å². The lowest BCUT2D eigenvalue weighted by atomic mass is 9.87. The fraction of sp³-hybridized carbons (Fsp3) is 0.261. The highest BCUT2D eigenvalue weighted by molar-refractivity contribution is 7.07. The van der Waals surface area contributed by atoms with Crippen molar-refractivity contribution in [3.63, 3.8) is 0 Å². The summed E-state index contributed by atoms with van der Waals surface area (Å²) in [5.74, 6) is 0.860. The summed E-state index contributed by atoms with van der Waals surface area (Å²) in [6.07, 6.45) is 3.12. The summed E-state index contributed by atoms with van der Waals surface area (Å²) in [4.78, 5) is 26.2. The molecule has 2 heterocycles. The summed E-state index contributed by atoms with van der Waals surface area (Å²) in [5.41, 5.74) is -0.592. The zero-order valence-corrected chi connectivity index (χ0v) is 18.1. The monoisotopic (exact) mass is 422 g/mol. The van der Waals surface area contributed by atoms with Crippen molar-refractivity contribution in [3.8, 4) is 17.5 Å². The third-order valence-electron chi connectivity index (χ3n) is 4.28. The number of nitriles is 1. The number of ketones is 1. The molecule has 154 valence electrons. The minimum absolute atomic E-state index is 0.0439. The number of Topliss-reactive ketones (excluding diaryl/α,β-unsaturated/α-hetero) is 1. The zero-order chi connectivity index (χ0) is 21.9. The van der Waals surface area contributed by atoms with E-state index in [1.165, 1.54) is 10.8 Å². The van der Waals surface area contributed by atoms with Crippen molar-refractivity contribution < 1.29 is 13.9 Å². The standard InChI is InChI=1S/C23H22N2O4S/c1-5-28-16-10-8-15(9-11-16)25-21(27)19(13-17-7-6-12-29-17)30-22(25)18(14-24)20(26)23(2,3)4/h6-13H,5H2,1-4H3. The molecule has 6 nitrogen and oxygen atoms in total. The second-order valence-electron chi connectivity index (χ2n) is 7.56. The Balaban J connectivity index is 2.36. The molecule has 0 amide bonds. The SMILES string of the molecule is CCOc1ccc(-n2c(=C(C#N)C(=O)C(C)(C)C)sc(=Cc3ccco3)c2=O)cc1. The second-order valence-corrected chi connectivity index (χ2v) is 8.60. The van der Waals surface area contributed by atoms with E-state index in [9.17, 15) is 14.9 Å². The van der Waals surface area contributed by atoms with Gasteiger partial charge in [0.25, 0.3) is 5.56 Å². The summed E-state index contributed by atoms with van der Waals surface area (Å²) in [6.45, 7) is 7.65. The average molecular weight is 423 g/mol. The maximum atomic E-state index is 13.3. The van der Waals surface area contributed by atoms with Crippen LogP contribution in [0.5, 0.6) is 5.75 Å². The fourth-order valence-electron chi connectivity index (χ4n) is 2.82. The van der Waals surface area contributed by atoms with Crippen LogP contribution < -0.4 is 19.5 Å². The number of ether oxygens (including phenoxy) is 1. The number of furan rings is 1. The minimum Gasteiger partial charge on any atom is -0.494 e. The topological polar surface area (TPSA) is 85.2 Å². The molecule has 1 aromatic carbocycles. The molecule has 0 aliphatic carbocycles. The van der Waals surface area contributed by atoms with E-state index in [-0.39, 0.29) is 16.9 Å². The smallest absolute Gasteiger partial charge is 0.273 e. The first-order chi connectivity index (χ1) is 14.3. The molecule has 0 saturated heterocycles. The number of nitrogens with zero attached hydrogens (tertiary/aromatic N) is 2. The van der Waals surface area contributed by atoms with Crippen LogP contribution in [0.2, 0.25) is 0 Å². The lowest BCUT2D eigenvalue weighted by Gasteiger charge is -2.15. The molecule has 0 bridgehead atoms. The molecule has 0 radical (unpaired) electrons. The molecule has 0 aliphatic heterocycles. The van der Waals surface area contributed by atoms with Crippen molar-refractivity contribution in [1.82, 2.24) is 4.57 Å². The van der Waals surface area contributed by atoms with Crippen LogP contribution in [0, 0.1) is 16.7 Å². The van der Waals surface area contributed by atoms with Gasteiger partial charge in [0.1, 0.15) is 27.8 Å². The highest BCUT2D eigenvalue weighted by Gasteiger charge is 2.27. The Morgan fingerprint density at radius 1 is 1.27 bits per heavy atom. The van der Waals surface area contributed by atoms with Crippen LogP contribution in [0.4, 0.5) is 0 Å². The van der Waals surface area contributed by atoms with Gasteiger partial charge in [-0.25, -0.2) is 0 Å². The molecule has 2 aromatic heterocycles. The number of carbonyl (C=O) groups is 1. The molecule has 0 spiro atoms. The van der Waals surface area contributed by atoms with Gasteiger partial charge in [-0.1, -0.05) is 20.8 Å². The molecule has 0 N–H and O–H groups in total. The van der Waals surface area contributed by atoms with Crippen molar-refractivity contribution >= 4 is 28.8 Å². The largest absolute Gasteiger partial charge is 0.494 e. The maximum Gasteiger partial charge on any atom is 0.273 e. The minimum atomic E-state index is -0.764. The van der Waals surface area contributed by atoms with Crippen molar-refractivity contribution in [2.75, 3.05) is 6.61 Å². The van der Waals surface area contributed by atoms with Gasteiger partial charge >= 0.3 is 0 Å². The Kier molecular flexibility index (Phi) is 6.09. The summed E-state index contributed by atoms with van der Waals surface area (Å²) >= 11 is 1.09. The van der Waals surface area contributed by atoms with Gasteiger partial charge in [-0.2, -0.15) is 5.26 Å². The van der Waals surface area contributed by atoms with Gasteiger partial charge in [-0.15, -0.1) is 11.3 Å². The molecule has 3 rings (SSSR count). The van der Waals surface area contributed by atoms with Crippen LogP contribution in [-0.4, -0.2) is 17.0 Å². The van der Waals surface area contributed by atoms with Crippen molar-refractivity contribution in [1.29, 1.82) is 5.26 Å². The van der Waals surface area contributed by atoms with Crippen LogP contribution in [-0.2, 0) is 4.79 Å². The predicted octanol–water partition coefficient (Wildman–Crippen LogP) is 3.01. The van der Waals surface area contributed by atoms with Crippen molar-refractivity contribution in [2.24, 2.45) is 5.41 Å². The normalized spacial score (nSPS) is 13.1. The number of carbonyl (C=O) groups excluding carboxylic acids is 1. The first kappa shape index (κ1) is 21.3. The van der Waals surface area contributed by atoms with Crippen LogP contribution in [0.1, 0.15) is 33.5 Å². The molecule has 0 saturated carbocycles. The van der Waals surface area contributed by atoms with E-state index in [2.05, 4.69) is 0 Å². The number of thiazole rings is 1. The van der Waals surface area contributed by atoms with Crippen LogP contribution in [0.3, 0.4) is 0 Å². The summed E-state index contributed by atoms with van der Waals surface area (Å²) < 4.78 is 12.9. The zero-order valence-electron chi connectivity index (χ0n) is 17.3. The molecule has 7 heteroatoms. The number of benzene rings is 1. The Morgan fingerprint density at radius 2 is 1.97 bits per heavy atom. The summed E-state index contributed by atoms with van der Waals surface area (Å²) in [7, 11) is 0. The third-order valence-corrected chi connectivity index (χ3v) is 5.37. The van der Waals surface area contributed by atoms with Crippen LogP contribution in [0.25, 0.3) is 17.3 Å². The lowest BCUT2D eigenvalue weighted by molar-refractivity contribution is -0.120. The number of rotatable bonds is 5. The third kappa shape index (κ3) is 4.29. The van der Waals surface area contributed by atoms with E-state index in [4.69, 9.17) is 9.15 Å². The molecule has 30 heavy (non-hydrogen) atoms. The summed E-state index contributed by atoms with van der Waals surface area (Å²) in [6, 6.07) is 12.4. The number of hydrogen-bond acceptors (Lipinski definition) is 6. The van der Waals surface area contributed by atoms with E-state index >= 15 is 0 Å². The first-order valence-electron chi connectivity index (χ1n) is 9.45. The molecule has 0 aliphatic rings. The molecule has 0 atom stereocenters. The fourth-order valence-corrected chi connectivity index (χ4v) is 3.90. The molecular formula is C23H22N2O4S. The first-order valence-corrected chi connectivity index (χ1v) is 10.3. The highest BCUT2D eigenvalue weighted by atomic mass is 32.1. The van der Waals surface area contributed by atoms with Gasteiger partial charge in [-0.3, -0.25) is 14.2 Å². The molecule has 0 fully saturated rings. The van der Waals surface area contributed by atoms with Gasteiger partial charge in [0.2, 0.25) is 0 Å². The van der Waals surface area contributed by atoms with E-state index in [0.717, 1.165) is 11.3 Å². The Bertz CT molecular complexity index is 1270. The lowest BCUT2D eigenvalue weighted by Crippen LogP contribution is -2.33. The van der Waals surface area contributed by atoms with Gasteiger partial charge in [0.15, 0.2) is 5.78 Å². The van der Waals surface area contributed by atoms with Crippen molar-refractivity contribution in [2.45, 2.75) is 27.7 Å². The second kappa shape index (κ2) is 8.56. The van der Waals surface area contributed by atoms with Crippen LogP contribution in [0.15, 0.2) is 51.9 Å². The number of aromatic nitrogens is 1.